The number of carbonyl (C=O) groups excluding carboxylic acids is 1. The average molecular weight is 418 g/mol. The first kappa shape index (κ1) is 18.8. The molecule has 0 bridgehead atoms. The summed E-state index contributed by atoms with van der Waals surface area (Å²) in [5.41, 5.74) is 1.37. The van der Waals surface area contributed by atoms with Crippen LogP contribution in [0.3, 0.4) is 0 Å². The number of amides is 1. The molecule has 1 saturated heterocycles. The van der Waals surface area contributed by atoms with Crippen LogP contribution in [0.4, 0.5) is 5.13 Å². The first-order valence-corrected chi connectivity index (χ1v) is 11.1. The van der Waals surface area contributed by atoms with Crippen LogP contribution in [0.25, 0.3) is 10.3 Å². The van der Waals surface area contributed by atoms with Crippen molar-refractivity contribution >= 4 is 42.7 Å². The number of nitrogens with zero attached hydrogens (tertiary/aromatic N) is 4. The van der Waals surface area contributed by atoms with Gasteiger partial charge in [0.1, 0.15) is 10.3 Å². The number of rotatable bonds is 4. The lowest BCUT2D eigenvalue weighted by molar-refractivity contribution is 0.0746. The van der Waals surface area contributed by atoms with Gasteiger partial charge in [0, 0.05) is 37.9 Å². The lowest BCUT2D eigenvalue weighted by atomic mass is 10.2. The highest BCUT2D eigenvalue weighted by Gasteiger charge is 2.24. The number of thiazole rings is 1. The Morgan fingerprint density at radius 2 is 1.82 bits per heavy atom. The number of sulfonamides is 1. The van der Waals surface area contributed by atoms with Crippen LogP contribution in [0.2, 0.25) is 0 Å². The summed E-state index contributed by atoms with van der Waals surface area (Å²) in [5.74, 6) is -0.0981. The van der Waals surface area contributed by atoms with Crippen LogP contribution in [0.5, 0.6) is 0 Å². The molecule has 8 nitrogen and oxygen atoms in total. The SMILES string of the molecule is CNS(=O)(=O)c1ccc(C(=O)N2CCN(c3nc4cccnc4s3)CC2)cc1. The molecule has 0 aliphatic carbocycles. The van der Waals surface area contributed by atoms with E-state index in [9.17, 15) is 13.2 Å². The van der Waals surface area contributed by atoms with E-state index in [1.807, 2.05) is 12.1 Å². The van der Waals surface area contributed by atoms with Crippen LogP contribution in [-0.2, 0) is 10.0 Å². The van der Waals surface area contributed by atoms with Gasteiger partial charge in [-0.1, -0.05) is 11.3 Å². The van der Waals surface area contributed by atoms with Crippen LogP contribution in [-0.4, -0.2) is 62.4 Å². The monoisotopic (exact) mass is 417 g/mol. The van der Waals surface area contributed by atoms with Crippen molar-refractivity contribution in [3.05, 3.63) is 48.2 Å². The summed E-state index contributed by atoms with van der Waals surface area (Å²) in [6.45, 7) is 2.55. The molecule has 1 aromatic carbocycles. The standard InChI is InChI=1S/C18H19N5O3S2/c1-19-28(25,26)14-6-4-13(5-7-14)17(24)22-9-11-23(12-10-22)18-21-15-3-2-8-20-16(15)27-18/h2-8,19H,9-12H2,1H3. The van der Waals surface area contributed by atoms with Crippen molar-refractivity contribution in [3.8, 4) is 0 Å². The normalized spacial score (nSPS) is 15.2. The summed E-state index contributed by atoms with van der Waals surface area (Å²) < 4.78 is 25.9. The second kappa shape index (κ2) is 7.46. The van der Waals surface area contributed by atoms with Gasteiger partial charge < -0.3 is 9.80 Å². The predicted octanol–water partition coefficient (Wildman–Crippen LogP) is 1.56. The number of hydrogen-bond acceptors (Lipinski definition) is 7. The molecule has 1 amide bonds. The van der Waals surface area contributed by atoms with Gasteiger partial charge >= 0.3 is 0 Å². The van der Waals surface area contributed by atoms with Crippen molar-refractivity contribution in [1.82, 2.24) is 19.6 Å². The molecule has 3 aromatic rings. The smallest absolute Gasteiger partial charge is 0.253 e. The van der Waals surface area contributed by atoms with Gasteiger partial charge in [0.05, 0.1) is 4.90 Å². The van der Waals surface area contributed by atoms with E-state index in [0.717, 1.165) is 15.5 Å². The molecule has 0 unspecified atom stereocenters. The first-order valence-electron chi connectivity index (χ1n) is 8.77. The maximum atomic E-state index is 12.7. The van der Waals surface area contributed by atoms with Crippen molar-refractivity contribution in [2.75, 3.05) is 38.1 Å². The Bertz CT molecular complexity index is 1070. The lowest BCUT2D eigenvalue weighted by Crippen LogP contribution is -2.48. The zero-order valence-corrected chi connectivity index (χ0v) is 16.8. The number of piperazine rings is 1. The quantitative estimate of drug-likeness (QED) is 0.692. The van der Waals surface area contributed by atoms with E-state index < -0.39 is 10.0 Å². The molecule has 0 radical (unpaired) electrons. The maximum absolute atomic E-state index is 12.7. The molecule has 0 spiro atoms. The van der Waals surface area contributed by atoms with Gasteiger partial charge in [0.2, 0.25) is 10.0 Å². The van der Waals surface area contributed by atoms with Crippen molar-refractivity contribution in [1.29, 1.82) is 0 Å². The first-order chi connectivity index (χ1) is 13.5. The summed E-state index contributed by atoms with van der Waals surface area (Å²) in [6.07, 6.45) is 1.76. The molecular formula is C18H19N5O3S2. The minimum atomic E-state index is -3.51. The Balaban J connectivity index is 1.42. The largest absolute Gasteiger partial charge is 0.344 e. The zero-order chi connectivity index (χ0) is 19.7. The number of fused-ring (bicyclic) bond motifs is 1. The topological polar surface area (TPSA) is 95.5 Å². The van der Waals surface area contributed by atoms with Crippen molar-refractivity contribution in [2.45, 2.75) is 4.90 Å². The minimum Gasteiger partial charge on any atom is -0.344 e. The van der Waals surface area contributed by atoms with Crippen molar-refractivity contribution in [3.63, 3.8) is 0 Å². The second-order valence-electron chi connectivity index (χ2n) is 6.34. The Hall–Kier alpha value is -2.56. The van der Waals surface area contributed by atoms with Gasteiger partial charge in [0.25, 0.3) is 5.91 Å². The molecule has 1 N–H and O–H groups in total. The van der Waals surface area contributed by atoms with E-state index in [1.54, 1.807) is 34.6 Å². The summed E-state index contributed by atoms with van der Waals surface area (Å²) in [6, 6.07) is 9.82. The van der Waals surface area contributed by atoms with Crippen LogP contribution in [0.15, 0.2) is 47.5 Å². The Kier molecular flexibility index (Phi) is 5.00. The fraction of sp³-hybridized carbons (Fsp3) is 0.278. The van der Waals surface area contributed by atoms with Gasteiger partial charge in [-0.05, 0) is 43.4 Å². The third kappa shape index (κ3) is 3.58. The highest BCUT2D eigenvalue weighted by Crippen LogP contribution is 2.27. The highest BCUT2D eigenvalue weighted by atomic mass is 32.2. The van der Waals surface area contributed by atoms with E-state index in [4.69, 9.17) is 0 Å². The molecule has 1 aliphatic heterocycles. The van der Waals surface area contributed by atoms with Gasteiger partial charge in [-0.3, -0.25) is 4.79 Å². The van der Waals surface area contributed by atoms with E-state index in [-0.39, 0.29) is 10.8 Å². The van der Waals surface area contributed by atoms with E-state index >= 15 is 0 Å². The van der Waals surface area contributed by atoms with Crippen LogP contribution in [0.1, 0.15) is 10.4 Å². The second-order valence-corrected chi connectivity index (χ2v) is 9.18. The molecular weight excluding hydrogens is 398 g/mol. The molecule has 0 saturated carbocycles. The Morgan fingerprint density at radius 1 is 1.11 bits per heavy atom. The Morgan fingerprint density at radius 3 is 2.46 bits per heavy atom. The highest BCUT2D eigenvalue weighted by molar-refractivity contribution is 7.89. The third-order valence-electron chi connectivity index (χ3n) is 4.67. The summed E-state index contributed by atoms with van der Waals surface area (Å²) in [4.78, 5) is 26.7. The van der Waals surface area contributed by atoms with E-state index in [1.165, 1.54) is 19.2 Å². The number of hydrogen-bond donors (Lipinski definition) is 1. The predicted molar refractivity (Wildman–Crippen MR) is 108 cm³/mol. The fourth-order valence-electron chi connectivity index (χ4n) is 3.07. The number of anilines is 1. The third-order valence-corrected chi connectivity index (χ3v) is 7.14. The van der Waals surface area contributed by atoms with E-state index in [0.29, 0.717) is 31.7 Å². The molecule has 3 heterocycles. The fourth-order valence-corrected chi connectivity index (χ4v) is 4.76. The lowest BCUT2D eigenvalue weighted by Gasteiger charge is -2.34. The maximum Gasteiger partial charge on any atom is 0.253 e. The number of pyridine rings is 1. The molecule has 2 aromatic heterocycles. The van der Waals surface area contributed by atoms with Gasteiger partial charge in [-0.15, -0.1) is 0 Å². The molecule has 4 rings (SSSR count). The van der Waals surface area contributed by atoms with Crippen LogP contribution < -0.4 is 9.62 Å². The van der Waals surface area contributed by atoms with Gasteiger partial charge in [-0.2, -0.15) is 0 Å². The molecule has 28 heavy (non-hydrogen) atoms. The number of benzene rings is 1. The summed E-state index contributed by atoms with van der Waals surface area (Å²) >= 11 is 1.55. The average Bonchev–Trinajstić information content (AvgIpc) is 3.18. The zero-order valence-electron chi connectivity index (χ0n) is 15.2. The minimum absolute atomic E-state index is 0.0981. The van der Waals surface area contributed by atoms with E-state index in [2.05, 4.69) is 19.6 Å². The van der Waals surface area contributed by atoms with Crippen molar-refractivity contribution in [2.24, 2.45) is 0 Å². The number of carbonyl (C=O) groups is 1. The summed E-state index contributed by atoms with van der Waals surface area (Å²) in [7, 11) is -2.15. The van der Waals surface area contributed by atoms with Crippen LogP contribution >= 0.6 is 11.3 Å². The number of aromatic nitrogens is 2. The van der Waals surface area contributed by atoms with Gasteiger partial charge in [-0.25, -0.2) is 23.1 Å². The number of nitrogens with one attached hydrogen (secondary N) is 1. The molecule has 0 atom stereocenters. The Labute approximate surface area is 166 Å². The molecule has 146 valence electrons. The van der Waals surface area contributed by atoms with Crippen molar-refractivity contribution < 1.29 is 13.2 Å². The molecule has 1 aliphatic rings. The molecule has 1 fully saturated rings. The molecule has 10 heteroatoms. The summed E-state index contributed by atoms with van der Waals surface area (Å²) in [5, 5.41) is 0.919. The van der Waals surface area contributed by atoms with Gasteiger partial charge in [0.15, 0.2) is 5.13 Å². The van der Waals surface area contributed by atoms with Crippen LogP contribution in [0, 0.1) is 0 Å².